The van der Waals surface area contributed by atoms with E-state index in [-0.39, 0.29) is 30.5 Å². The summed E-state index contributed by atoms with van der Waals surface area (Å²) in [6.07, 6.45) is 1.07. The van der Waals surface area contributed by atoms with Gasteiger partial charge in [0.2, 0.25) is 0 Å². The van der Waals surface area contributed by atoms with E-state index in [4.69, 9.17) is 14.2 Å². The maximum atomic E-state index is 14.0. The third-order valence-corrected chi connectivity index (χ3v) is 8.47. The average molecular weight is 763 g/mol. The molecule has 3 atom stereocenters. The van der Waals surface area contributed by atoms with Gasteiger partial charge in [0.15, 0.2) is 5.69 Å². The van der Waals surface area contributed by atoms with Gasteiger partial charge in [-0.25, -0.2) is 19.4 Å². The Kier molecular flexibility index (Phi) is 11.6. The van der Waals surface area contributed by atoms with Gasteiger partial charge in [0.05, 0.1) is 48.0 Å². The number of halogens is 1. The highest BCUT2D eigenvalue weighted by Gasteiger charge is 2.38. The SMILES string of the molecule is COC(=O)N[C@H]1[C@@H](C)CN(c2ccncc2NC(=O)c2nc3cc(Br)ccc3cc2NC(=O)OCc2ccccc2)C[C@H]1NC(=O)OC(C)(C)C. The van der Waals surface area contributed by atoms with Crippen LogP contribution in [0, 0.1) is 5.92 Å². The molecule has 2 aromatic heterocycles. The number of pyridine rings is 2. The van der Waals surface area contributed by atoms with E-state index in [1.165, 1.54) is 13.3 Å². The van der Waals surface area contributed by atoms with Crippen LogP contribution in [0.4, 0.5) is 31.4 Å². The highest BCUT2D eigenvalue weighted by Crippen LogP contribution is 2.31. The largest absolute Gasteiger partial charge is 0.453 e. The van der Waals surface area contributed by atoms with Gasteiger partial charge in [-0.2, -0.15) is 0 Å². The Bertz CT molecular complexity index is 1900. The molecule has 4 amide bonds. The number of aromatic nitrogens is 2. The second-order valence-corrected chi connectivity index (χ2v) is 14.0. The fraction of sp³-hybridized carbons (Fsp3) is 0.333. The number of carbonyl (C=O) groups excluding carboxylic acids is 4. The molecule has 1 fully saturated rings. The Labute approximate surface area is 303 Å². The molecule has 51 heavy (non-hydrogen) atoms. The molecule has 5 rings (SSSR count). The summed E-state index contributed by atoms with van der Waals surface area (Å²) in [7, 11) is 1.27. The molecule has 0 spiro atoms. The minimum atomic E-state index is -0.755. The lowest BCUT2D eigenvalue weighted by Gasteiger charge is -2.44. The second kappa shape index (κ2) is 16.1. The Balaban J connectivity index is 1.41. The van der Waals surface area contributed by atoms with Gasteiger partial charge in [-0.1, -0.05) is 59.3 Å². The zero-order valence-electron chi connectivity index (χ0n) is 28.9. The fourth-order valence-electron chi connectivity index (χ4n) is 5.73. The minimum Gasteiger partial charge on any atom is -0.453 e. The van der Waals surface area contributed by atoms with Gasteiger partial charge in [0.1, 0.15) is 12.2 Å². The zero-order valence-corrected chi connectivity index (χ0v) is 30.4. The number of hydrogen-bond donors (Lipinski definition) is 4. The molecule has 0 unspecified atom stereocenters. The number of anilines is 3. The van der Waals surface area contributed by atoms with E-state index in [0.29, 0.717) is 28.8 Å². The first-order valence-corrected chi connectivity index (χ1v) is 17.0. The second-order valence-electron chi connectivity index (χ2n) is 13.1. The lowest BCUT2D eigenvalue weighted by atomic mass is 9.89. The topological polar surface area (TPSA) is 173 Å². The van der Waals surface area contributed by atoms with Gasteiger partial charge in [-0.15, -0.1) is 0 Å². The van der Waals surface area contributed by atoms with Crippen molar-refractivity contribution in [1.82, 2.24) is 20.6 Å². The molecule has 0 radical (unpaired) electrons. The fourth-order valence-corrected chi connectivity index (χ4v) is 6.08. The number of carbonyl (C=O) groups is 4. The zero-order chi connectivity index (χ0) is 36.7. The van der Waals surface area contributed by atoms with Crippen LogP contribution in [0.1, 0.15) is 43.7 Å². The Morgan fingerprint density at radius 1 is 0.922 bits per heavy atom. The summed E-state index contributed by atoms with van der Waals surface area (Å²) in [4.78, 5) is 62.9. The Morgan fingerprint density at radius 3 is 2.41 bits per heavy atom. The molecule has 268 valence electrons. The first-order valence-electron chi connectivity index (χ1n) is 16.2. The van der Waals surface area contributed by atoms with Gasteiger partial charge < -0.3 is 35.1 Å². The number of ether oxygens (including phenoxy) is 3. The van der Waals surface area contributed by atoms with Crippen LogP contribution in [0.5, 0.6) is 0 Å². The molecule has 15 heteroatoms. The highest BCUT2D eigenvalue weighted by atomic mass is 79.9. The third-order valence-electron chi connectivity index (χ3n) is 7.98. The van der Waals surface area contributed by atoms with Gasteiger partial charge in [-0.05, 0) is 56.5 Å². The molecular weight excluding hydrogens is 722 g/mol. The minimum absolute atomic E-state index is 0.0370. The Hall–Kier alpha value is -5.44. The number of rotatable bonds is 8. The number of nitrogens with one attached hydrogen (secondary N) is 4. The molecule has 1 aliphatic heterocycles. The van der Waals surface area contributed by atoms with Crippen LogP contribution >= 0.6 is 15.9 Å². The summed E-state index contributed by atoms with van der Waals surface area (Å²) >= 11 is 3.45. The summed E-state index contributed by atoms with van der Waals surface area (Å²) < 4.78 is 16.5. The molecule has 0 aliphatic carbocycles. The van der Waals surface area contributed by atoms with Crippen molar-refractivity contribution in [1.29, 1.82) is 0 Å². The van der Waals surface area contributed by atoms with Crippen molar-refractivity contribution >= 4 is 68.1 Å². The van der Waals surface area contributed by atoms with Crippen molar-refractivity contribution in [2.75, 3.05) is 35.7 Å². The van der Waals surface area contributed by atoms with E-state index in [0.717, 1.165) is 10.0 Å². The number of piperidine rings is 1. The number of benzene rings is 2. The predicted octanol–water partition coefficient (Wildman–Crippen LogP) is 6.47. The first kappa shape index (κ1) is 36.8. The number of alkyl carbamates (subject to hydrolysis) is 2. The molecule has 0 bridgehead atoms. The number of fused-ring (bicyclic) bond motifs is 1. The van der Waals surface area contributed by atoms with Gasteiger partial charge >= 0.3 is 18.3 Å². The van der Waals surface area contributed by atoms with Crippen molar-refractivity contribution in [2.45, 2.75) is 52.0 Å². The number of methoxy groups -OCH3 is 1. The van der Waals surface area contributed by atoms with Gasteiger partial charge in [-0.3, -0.25) is 15.1 Å². The average Bonchev–Trinajstić information content (AvgIpc) is 3.08. The van der Waals surface area contributed by atoms with E-state index in [1.54, 1.807) is 45.2 Å². The molecular formula is C36H40BrN7O7. The van der Waals surface area contributed by atoms with Crippen molar-refractivity contribution in [3.8, 4) is 0 Å². The summed E-state index contributed by atoms with van der Waals surface area (Å²) in [5, 5.41) is 12.0. The molecule has 1 aliphatic rings. The summed E-state index contributed by atoms with van der Waals surface area (Å²) in [5.74, 6) is -0.795. The van der Waals surface area contributed by atoms with Crippen molar-refractivity contribution in [3.05, 3.63) is 88.8 Å². The summed E-state index contributed by atoms with van der Waals surface area (Å²) in [6, 6.07) is 17.0. The summed E-state index contributed by atoms with van der Waals surface area (Å²) in [5.41, 5.74) is 1.66. The lowest BCUT2D eigenvalue weighted by Crippen LogP contribution is -2.64. The van der Waals surface area contributed by atoms with E-state index in [2.05, 4.69) is 47.2 Å². The third kappa shape index (κ3) is 9.84. The van der Waals surface area contributed by atoms with E-state index in [9.17, 15) is 19.2 Å². The Morgan fingerprint density at radius 2 is 1.69 bits per heavy atom. The molecule has 3 heterocycles. The lowest BCUT2D eigenvalue weighted by molar-refractivity contribution is 0.0476. The quantitative estimate of drug-likeness (QED) is 0.146. The maximum Gasteiger partial charge on any atom is 0.412 e. The highest BCUT2D eigenvalue weighted by molar-refractivity contribution is 9.10. The van der Waals surface area contributed by atoms with Crippen LogP contribution in [-0.4, -0.2) is 72.0 Å². The van der Waals surface area contributed by atoms with Crippen LogP contribution in [0.2, 0.25) is 0 Å². The van der Waals surface area contributed by atoms with Crippen LogP contribution in [0.15, 0.2) is 77.5 Å². The number of amides is 4. The predicted molar refractivity (Wildman–Crippen MR) is 196 cm³/mol. The van der Waals surface area contributed by atoms with Crippen LogP contribution in [-0.2, 0) is 20.8 Å². The maximum absolute atomic E-state index is 14.0. The molecule has 2 aromatic carbocycles. The van der Waals surface area contributed by atoms with Gasteiger partial charge in [0.25, 0.3) is 5.91 Å². The van der Waals surface area contributed by atoms with Crippen LogP contribution in [0.25, 0.3) is 10.9 Å². The number of nitrogens with zero attached hydrogens (tertiary/aromatic N) is 3. The standard InChI is InChI=1S/C36H40BrN7O7/c1-21-18-44(19-28(30(21)43-33(46)49-5)42-35(48)51-36(2,3)4)29-13-14-38-17-27(29)40-32(45)31-26(15-23-11-12-24(37)16-25(23)39-31)41-34(47)50-20-22-9-7-6-8-10-22/h6-17,21,28,30H,18-20H2,1-5H3,(H,40,45)(H,41,47)(H,42,48)(H,43,46)/t21-,28+,30-/m0/s1. The van der Waals surface area contributed by atoms with Gasteiger partial charge in [0, 0.05) is 29.1 Å². The van der Waals surface area contributed by atoms with Crippen LogP contribution in [0.3, 0.4) is 0 Å². The van der Waals surface area contributed by atoms with Crippen LogP contribution < -0.4 is 26.2 Å². The number of hydrogen-bond acceptors (Lipinski definition) is 10. The molecule has 4 N–H and O–H groups in total. The monoisotopic (exact) mass is 761 g/mol. The molecule has 4 aromatic rings. The smallest absolute Gasteiger partial charge is 0.412 e. The molecule has 0 saturated carbocycles. The normalized spacial score (nSPS) is 17.2. The van der Waals surface area contributed by atoms with Crippen molar-refractivity contribution in [3.63, 3.8) is 0 Å². The molecule has 14 nitrogen and oxygen atoms in total. The summed E-state index contributed by atoms with van der Waals surface area (Å²) in [6.45, 7) is 7.93. The van der Waals surface area contributed by atoms with E-state index in [1.807, 2.05) is 54.3 Å². The van der Waals surface area contributed by atoms with E-state index >= 15 is 0 Å². The first-order chi connectivity index (χ1) is 24.3. The molecule has 1 saturated heterocycles. The van der Waals surface area contributed by atoms with Crippen molar-refractivity contribution in [2.24, 2.45) is 5.92 Å². The van der Waals surface area contributed by atoms with Crippen molar-refractivity contribution < 1.29 is 33.4 Å². The van der Waals surface area contributed by atoms with E-state index < -0.39 is 41.9 Å².